The van der Waals surface area contributed by atoms with Crippen LogP contribution in [0, 0.1) is 11.6 Å². The monoisotopic (exact) mass is 479 g/mol. The first-order valence-electron chi connectivity index (χ1n) is 9.10. The van der Waals surface area contributed by atoms with Gasteiger partial charge in [0.2, 0.25) is 0 Å². The van der Waals surface area contributed by atoms with E-state index in [0.717, 1.165) is 12.1 Å². The van der Waals surface area contributed by atoms with Crippen molar-refractivity contribution >= 4 is 38.3 Å². The van der Waals surface area contributed by atoms with Gasteiger partial charge >= 0.3 is 0 Å². The van der Waals surface area contributed by atoms with Crippen LogP contribution in [0.5, 0.6) is 5.75 Å². The summed E-state index contributed by atoms with van der Waals surface area (Å²) in [5.74, 6) is -2.60. The molecule has 0 unspecified atom stereocenters. The van der Waals surface area contributed by atoms with Crippen molar-refractivity contribution in [3.63, 3.8) is 0 Å². The number of nitrogens with zero attached hydrogens (tertiary/aromatic N) is 4. The maximum atomic E-state index is 15.4. The molecule has 4 aromatic rings. The molecule has 4 rings (SSSR count). The minimum absolute atomic E-state index is 0.0121. The average Bonchev–Trinajstić information content (AvgIpc) is 3.08. The summed E-state index contributed by atoms with van der Waals surface area (Å²) in [6.07, 6.45) is 1.26. The van der Waals surface area contributed by atoms with E-state index in [1.165, 1.54) is 36.3 Å². The van der Waals surface area contributed by atoms with Crippen molar-refractivity contribution in [3.05, 3.63) is 58.9 Å². The number of benzene rings is 2. The lowest BCUT2D eigenvalue weighted by atomic mass is 10.1. The van der Waals surface area contributed by atoms with E-state index in [1.54, 1.807) is 7.05 Å². The van der Waals surface area contributed by atoms with Crippen LogP contribution in [0.25, 0.3) is 22.3 Å². The number of nitrogens with two attached hydrogens (primary N) is 1. The molecule has 2 aromatic carbocycles. The van der Waals surface area contributed by atoms with Crippen molar-refractivity contribution < 1.29 is 21.9 Å². The lowest BCUT2D eigenvalue weighted by Gasteiger charge is -2.11. The van der Waals surface area contributed by atoms with Crippen molar-refractivity contribution in [1.82, 2.24) is 19.7 Å². The molecular weight excluding hydrogens is 464 g/mol. The van der Waals surface area contributed by atoms with Gasteiger partial charge < -0.3 is 10.5 Å². The Labute approximate surface area is 186 Å². The fourth-order valence-electron chi connectivity index (χ4n) is 3.36. The Morgan fingerprint density at radius 3 is 2.69 bits per heavy atom. The highest BCUT2D eigenvalue weighted by molar-refractivity contribution is 7.90. The van der Waals surface area contributed by atoms with Gasteiger partial charge in [0, 0.05) is 24.2 Å². The Bertz CT molecular complexity index is 1470. The molecule has 32 heavy (non-hydrogen) atoms. The molecule has 8 nitrogen and oxygen atoms in total. The third kappa shape index (κ3) is 3.63. The van der Waals surface area contributed by atoms with Crippen molar-refractivity contribution in [2.45, 2.75) is 10.6 Å². The van der Waals surface area contributed by atoms with Gasteiger partial charge in [-0.2, -0.15) is 5.10 Å². The van der Waals surface area contributed by atoms with Crippen LogP contribution < -0.4 is 10.5 Å². The second-order valence-electron chi connectivity index (χ2n) is 6.88. The number of aromatic nitrogens is 4. The minimum atomic E-state index is -4.29. The maximum absolute atomic E-state index is 15.4. The number of rotatable bonds is 5. The molecule has 0 bridgehead atoms. The van der Waals surface area contributed by atoms with Gasteiger partial charge in [-0.05, 0) is 12.1 Å². The zero-order valence-corrected chi connectivity index (χ0v) is 18.4. The van der Waals surface area contributed by atoms with Crippen LogP contribution in [0.1, 0.15) is 5.56 Å². The number of hydrogen-bond acceptors (Lipinski definition) is 7. The van der Waals surface area contributed by atoms with Crippen LogP contribution >= 0.6 is 11.6 Å². The van der Waals surface area contributed by atoms with Crippen molar-refractivity contribution in [1.29, 1.82) is 0 Å². The molecule has 2 N–H and O–H groups in total. The minimum Gasteiger partial charge on any atom is -0.495 e. The van der Waals surface area contributed by atoms with Gasteiger partial charge in [0.15, 0.2) is 15.5 Å². The number of halogens is 3. The molecule has 0 atom stereocenters. The lowest BCUT2D eigenvalue weighted by molar-refractivity contribution is 0.410. The Morgan fingerprint density at radius 1 is 1.22 bits per heavy atom. The Morgan fingerprint density at radius 2 is 1.97 bits per heavy atom. The molecular formula is C20H16ClF2N5O3S. The third-order valence-corrected chi connectivity index (χ3v) is 6.84. The molecule has 2 aromatic heterocycles. The van der Waals surface area contributed by atoms with Crippen molar-refractivity contribution in [2.24, 2.45) is 7.05 Å². The molecule has 0 spiro atoms. The van der Waals surface area contributed by atoms with Crippen LogP contribution in [-0.2, 0) is 22.6 Å². The van der Waals surface area contributed by atoms with Crippen LogP contribution in [0.3, 0.4) is 0 Å². The summed E-state index contributed by atoms with van der Waals surface area (Å²) in [5.41, 5.74) is 6.33. The molecule has 0 saturated heterocycles. The SMILES string of the molecule is COc1cc(F)c(S(=O)(=O)Cc2cccc(-c3nn(C)c4ncnc(N)c34)c2F)cc1Cl. The highest BCUT2D eigenvalue weighted by atomic mass is 35.5. The standard InChI is InChI=1S/C20H16ClF2N5O3S/c1-28-20-16(19(24)25-9-26-20)18(27-28)11-5-3-4-10(17(11)23)8-32(29,30)15-6-12(21)14(31-2)7-13(15)22/h3-7,9H,8H2,1-2H3,(H2,24,25,26). The quantitative estimate of drug-likeness (QED) is 0.466. The smallest absolute Gasteiger partial charge is 0.185 e. The maximum Gasteiger partial charge on any atom is 0.185 e. The van der Waals surface area contributed by atoms with Gasteiger partial charge in [0.1, 0.15) is 40.1 Å². The summed E-state index contributed by atoms with van der Waals surface area (Å²) in [7, 11) is -1.40. The molecule has 0 aliphatic carbocycles. The summed E-state index contributed by atoms with van der Waals surface area (Å²) in [6, 6.07) is 6.01. The molecule has 2 heterocycles. The molecule has 0 amide bonds. The van der Waals surface area contributed by atoms with E-state index < -0.39 is 32.1 Å². The van der Waals surface area contributed by atoms with Gasteiger partial charge in [0.25, 0.3) is 0 Å². The fourth-order valence-corrected chi connectivity index (χ4v) is 5.11. The average molecular weight is 480 g/mol. The first-order chi connectivity index (χ1) is 15.1. The molecule has 0 radical (unpaired) electrons. The van der Waals surface area contributed by atoms with Gasteiger partial charge in [-0.25, -0.2) is 31.8 Å². The van der Waals surface area contributed by atoms with Crippen LogP contribution in [-0.4, -0.2) is 35.3 Å². The molecule has 0 fully saturated rings. The highest BCUT2D eigenvalue weighted by Gasteiger charge is 2.26. The van der Waals surface area contributed by atoms with E-state index in [-0.39, 0.29) is 33.4 Å². The summed E-state index contributed by atoms with van der Waals surface area (Å²) in [4.78, 5) is 7.36. The van der Waals surface area contributed by atoms with Crippen LogP contribution in [0.15, 0.2) is 41.6 Å². The van der Waals surface area contributed by atoms with E-state index in [1.807, 2.05) is 0 Å². The molecule has 12 heteroatoms. The van der Waals surface area contributed by atoms with E-state index in [9.17, 15) is 12.8 Å². The van der Waals surface area contributed by atoms with Crippen LogP contribution in [0.4, 0.5) is 14.6 Å². The Balaban J connectivity index is 1.81. The van der Waals surface area contributed by atoms with Gasteiger partial charge in [-0.1, -0.05) is 23.7 Å². The normalized spacial score (nSPS) is 11.8. The molecule has 0 saturated carbocycles. The molecule has 166 valence electrons. The van der Waals surface area contributed by atoms with E-state index in [0.29, 0.717) is 11.0 Å². The summed E-state index contributed by atoms with van der Waals surface area (Å²) < 4.78 is 61.9. The number of methoxy groups -OCH3 is 1. The number of anilines is 1. The highest BCUT2D eigenvalue weighted by Crippen LogP contribution is 2.34. The largest absolute Gasteiger partial charge is 0.495 e. The second-order valence-corrected chi connectivity index (χ2v) is 9.25. The van der Waals surface area contributed by atoms with E-state index in [4.69, 9.17) is 22.1 Å². The number of sulfone groups is 1. The molecule has 0 aliphatic heterocycles. The predicted molar refractivity (Wildman–Crippen MR) is 115 cm³/mol. The number of nitrogen functional groups attached to an aromatic ring is 1. The van der Waals surface area contributed by atoms with Crippen molar-refractivity contribution in [3.8, 4) is 17.0 Å². The first-order valence-corrected chi connectivity index (χ1v) is 11.1. The summed E-state index contributed by atoms with van der Waals surface area (Å²) in [6.45, 7) is 0. The number of ether oxygens (including phenoxy) is 1. The van der Waals surface area contributed by atoms with Crippen molar-refractivity contribution in [2.75, 3.05) is 12.8 Å². The first kappa shape index (κ1) is 21.9. The van der Waals surface area contributed by atoms with E-state index in [2.05, 4.69) is 15.1 Å². The topological polar surface area (TPSA) is 113 Å². The lowest BCUT2D eigenvalue weighted by Crippen LogP contribution is -2.09. The second kappa shape index (κ2) is 7.99. The van der Waals surface area contributed by atoms with Gasteiger partial charge in [0.05, 0.1) is 23.3 Å². The molecule has 0 aliphatic rings. The Hall–Kier alpha value is -3.31. The fraction of sp³-hybridized carbons (Fsp3) is 0.150. The summed E-state index contributed by atoms with van der Waals surface area (Å²) >= 11 is 5.96. The summed E-state index contributed by atoms with van der Waals surface area (Å²) in [5, 5.41) is 4.52. The third-order valence-electron chi connectivity index (χ3n) is 4.87. The zero-order chi connectivity index (χ0) is 23.2. The number of fused-ring (bicyclic) bond motifs is 1. The predicted octanol–water partition coefficient (Wildman–Crippen LogP) is 3.53. The number of aryl methyl sites for hydroxylation is 1. The van der Waals surface area contributed by atoms with E-state index >= 15 is 4.39 Å². The van der Waals surface area contributed by atoms with Crippen LogP contribution in [0.2, 0.25) is 5.02 Å². The van der Waals surface area contributed by atoms with Gasteiger partial charge in [-0.3, -0.25) is 0 Å². The van der Waals surface area contributed by atoms with Gasteiger partial charge in [-0.15, -0.1) is 0 Å². The zero-order valence-electron chi connectivity index (χ0n) is 16.8. The number of hydrogen-bond donors (Lipinski definition) is 1. The Kier molecular flexibility index (Phi) is 5.47.